The molecule has 30 heavy (non-hydrogen) atoms. The van der Waals surface area contributed by atoms with E-state index in [9.17, 15) is 19.8 Å². The van der Waals surface area contributed by atoms with Crippen LogP contribution < -0.4 is 0 Å². The molecule has 0 amide bonds. The predicted molar refractivity (Wildman–Crippen MR) is 120 cm³/mol. The van der Waals surface area contributed by atoms with Crippen molar-refractivity contribution in [3.8, 4) is 11.5 Å². The van der Waals surface area contributed by atoms with Crippen LogP contribution in [0.5, 0.6) is 11.5 Å². The quantitative estimate of drug-likeness (QED) is 0.433. The Hall–Kier alpha value is -3.92. The molecule has 0 saturated heterocycles. The summed E-state index contributed by atoms with van der Waals surface area (Å²) in [5, 5.41) is 18.9. The second kappa shape index (κ2) is 9.05. The Balaban J connectivity index is 1.92. The highest BCUT2D eigenvalue weighted by Crippen LogP contribution is 2.24. The molecule has 3 rings (SSSR count). The molecule has 0 fully saturated rings. The van der Waals surface area contributed by atoms with Crippen molar-refractivity contribution >= 4 is 34.9 Å². The third-order valence-corrected chi connectivity index (χ3v) is 4.67. The molecule has 0 spiro atoms. The lowest BCUT2D eigenvalue weighted by molar-refractivity contribution is -0.112. The van der Waals surface area contributed by atoms with Gasteiger partial charge in [-0.15, -0.1) is 0 Å². The minimum atomic E-state index is -0.0733. The van der Waals surface area contributed by atoms with Crippen LogP contribution in [0.25, 0.3) is 23.3 Å². The van der Waals surface area contributed by atoms with Crippen LogP contribution in [0.3, 0.4) is 0 Å². The number of carbonyl (C=O) groups is 2. The Morgan fingerprint density at radius 1 is 0.567 bits per heavy atom. The van der Waals surface area contributed by atoms with Gasteiger partial charge in [-0.25, -0.2) is 0 Å². The van der Waals surface area contributed by atoms with Gasteiger partial charge in [0.25, 0.3) is 0 Å². The summed E-state index contributed by atoms with van der Waals surface area (Å²) in [6, 6.07) is 20.5. The molecule has 4 nitrogen and oxygen atoms in total. The number of rotatable bonds is 6. The average molecular weight is 398 g/mol. The first-order valence-corrected chi connectivity index (χ1v) is 9.47. The first kappa shape index (κ1) is 20.8. The van der Waals surface area contributed by atoms with Crippen molar-refractivity contribution in [3.05, 3.63) is 95.1 Å². The van der Waals surface area contributed by atoms with Gasteiger partial charge in [-0.2, -0.15) is 0 Å². The van der Waals surface area contributed by atoms with E-state index in [1.165, 1.54) is 13.8 Å². The second-order valence-electron chi connectivity index (χ2n) is 6.99. The van der Waals surface area contributed by atoms with Crippen LogP contribution in [0.1, 0.15) is 36.1 Å². The van der Waals surface area contributed by atoms with Crippen molar-refractivity contribution in [3.63, 3.8) is 0 Å². The molecule has 4 heteroatoms. The molecule has 0 bridgehead atoms. The number of aromatic hydroxyl groups is 2. The van der Waals surface area contributed by atoms with Crippen LogP contribution in [0.15, 0.2) is 72.8 Å². The minimum absolute atomic E-state index is 0.0733. The van der Waals surface area contributed by atoms with Crippen LogP contribution in [0.2, 0.25) is 0 Å². The fourth-order valence-electron chi connectivity index (χ4n) is 3.08. The fraction of sp³-hybridized carbons (Fsp3) is 0.0769. The predicted octanol–water partition coefficient (Wildman–Crippen LogP) is 5.36. The number of hydrogen-bond donors (Lipinski definition) is 2. The maximum absolute atomic E-state index is 12.1. The molecule has 0 radical (unpaired) electrons. The second-order valence-corrected chi connectivity index (χ2v) is 6.99. The largest absolute Gasteiger partial charge is 0.508 e. The SMILES string of the molecule is CC(=O)/C(=C/c1ccc(/C=C(/C(C)=O)c2ccc(O)cc2)cc1)c1ccc(O)cc1. The van der Waals surface area contributed by atoms with E-state index in [1.807, 2.05) is 24.3 Å². The van der Waals surface area contributed by atoms with Crippen molar-refractivity contribution < 1.29 is 19.8 Å². The van der Waals surface area contributed by atoms with E-state index >= 15 is 0 Å². The Bertz CT molecular complexity index is 1020. The lowest BCUT2D eigenvalue weighted by Crippen LogP contribution is -1.96. The molecule has 150 valence electrons. The number of hydrogen-bond acceptors (Lipinski definition) is 4. The summed E-state index contributed by atoms with van der Waals surface area (Å²) in [5.41, 5.74) is 4.25. The molecule has 2 N–H and O–H groups in total. The van der Waals surface area contributed by atoms with E-state index in [2.05, 4.69) is 0 Å². The highest BCUT2D eigenvalue weighted by atomic mass is 16.3. The molecule has 0 aliphatic rings. The lowest BCUT2D eigenvalue weighted by Gasteiger charge is -2.07. The van der Waals surface area contributed by atoms with Crippen LogP contribution >= 0.6 is 0 Å². The average Bonchev–Trinajstić information content (AvgIpc) is 2.72. The summed E-state index contributed by atoms with van der Waals surface area (Å²) in [5.74, 6) is 0.145. The first-order valence-electron chi connectivity index (χ1n) is 9.47. The van der Waals surface area contributed by atoms with Gasteiger partial charge in [0.1, 0.15) is 11.5 Å². The number of carbonyl (C=O) groups excluding carboxylic acids is 2. The minimum Gasteiger partial charge on any atom is -0.508 e. The van der Waals surface area contributed by atoms with Gasteiger partial charge in [-0.05, 0) is 72.5 Å². The molecule has 3 aromatic carbocycles. The van der Waals surface area contributed by atoms with Gasteiger partial charge in [-0.3, -0.25) is 9.59 Å². The van der Waals surface area contributed by atoms with Crippen LogP contribution in [-0.2, 0) is 9.59 Å². The van der Waals surface area contributed by atoms with Crippen LogP contribution in [0, 0.1) is 0 Å². The first-order chi connectivity index (χ1) is 14.3. The van der Waals surface area contributed by atoms with Crippen molar-refractivity contribution in [2.75, 3.05) is 0 Å². The third kappa shape index (κ3) is 5.11. The number of benzene rings is 3. The van der Waals surface area contributed by atoms with Gasteiger partial charge in [0.15, 0.2) is 11.6 Å². The van der Waals surface area contributed by atoms with Gasteiger partial charge < -0.3 is 10.2 Å². The molecule has 0 saturated carbocycles. The van der Waals surface area contributed by atoms with E-state index in [-0.39, 0.29) is 23.1 Å². The van der Waals surface area contributed by atoms with E-state index < -0.39 is 0 Å². The van der Waals surface area contributed by atoms with E-state index in [0.29, 0.717) is 11.1 Å². The molecule has 0 unspecified atom stereocenters. The molecule has 0 aliphatic heterocycles. The summed E-state index contributed by atoms with van der Waals surface area (Å²) < 4.78 is 0. The van der Waals surface area contributed by atoms with Gasteiger partial charge in [0.2, 0.25) is 0 Å². The van der Waals surface area contributed by atoms with E-state index in [4.69, 9.17) is 0 Å². The van der Waals surface area contributed by atoms with E-state index in [0.717, 1.165) is 22.3 Å². The normalized spacial score (nSPS) is 11.9. The highest BCUT2D eigenvalue weighted by Gasteiger charge is 2.09. The monoisotopic (exact) mass is 398 g/mol. The maximum atomic E-state index is 12.1. The molecule has 0 heterocycles. The van der Waals surface area contributed by atoms with Crippen molar-refractivity contribution in [1.29, 1.82) is 0 Å². The smallest absolute Gasteiger partial charge is 0.160 e. The van der Waals surface area contributed by atoms with Crippen molar-refractivity contribution in [2.45, 2.75) is 13.8 Å². The Morgan fingerprint density at radius 3 is 1.13 bits per heavy atom. The number of phenols is 2. The zero-order valence-electron chi connectivity index (χ0n) is 16.8. The summed E-state index contributed by atoms with van der Waals surface area (Å²) in [7, 11) is 0. The van der Waals surface area contributed by atoms with Crippen LogP contribution in [-0.4, -0.2) is 21.8 Å². The number of phenolic OH excluding ortho intramolecular Hbond substituents is 2. The number of ketones is 2. The summed E-state index contributed by atoms with van der Waals surface area (Å²) in [6.07, 6.45) is 3.60. The number of Topliss-reactive ketones (excluding diaryl/α,β-unsaturated/α-hetero) is 2. The topological polar surface area (TPSA) is 74.6 Å². The van der Waals surface area contributed by atoms with Crippen molar-refractivity contribution in [1.82, 2.24) is 0 Å². The van der Waals surface area contributed by atoms with Gasteiger partial charge >= 0.3 is 0 Å². The third-order valence-electron chi connectivity index (χ3n) is 4.67. The highest BCUT2D eigenvalue weighted by molar-refractivity contribution is 6.25. The van der Waals surface area contributed by atoms with Gasteiger partial charge in [0, 0.05) is 11.1 Å². The molecule has 3 aromatic rings. The van der Waals surface area contributed by atoms with Gasteiger partial charge in [0.05, 0.1) is 0 Å². The zero-order valence-corrected chi connectivity index (χ0v) is 16.8. The van der Waals surface area contributed by atoms with Crippen LogP contribution in [0.4, 0.5) is 0 Å². The summed E-state index contributed by atoms with van der Waals surface area (Å²) >= 11 is 0. The molecule has 0 aromatic heterocycles. The standard InChI is InChI=1S/C26H22O4/c1-17(27)25(21-7-11-23(29)12-8-21)15-19-3-5-20(6-4-19)16-26(18(2)28)22-9-13-24(30)14-10-22/h3-16,29-30H,1-2H3/b25-15-,26-16-. The Morgan fingerprint density at radius 2 is 0.867 bits per heavy atom. The fourth-order valence-corrected chi connectivity index (χ4v) is 3.08. The van der Waals surface area contributed by atoms with E-state index in [1.54, 1.807) is 60.7 Å². The maximum Gasteiger partial charge on any atom is 0.160 e. The lowest BCUT2D eigenvalue weighted by atomic mass is 9.97. The summed E-state index contributed by atoms with van der Waals surface area (Å²) in [6.45, 7) is 3.01. The zero-order chi connectivity index (χ0) is 21.7. The summed E-state index contributed by atoms with van der Waals surface area (Å²) in [4.78, 5) is 24.2. The molecule has 0 aliphatic carbocycles. The molecular weight excluding hydrogens is 376 g/mol. The van der Waals surface area contributed by atoms with Crippen molar-refractivity contribution in [2.24, 2.45) is 0 Å². The Labute approximate surface area is 175 Å². The molecule has 0 atom stereocenters. The molecular formula is C26H22O4. The Kier molecular flexibility index (Phi) is 6.28. The van der Waals surface area contributed by atoms with Gasteiger partial charge in [-0.1, -0.05) is 48.5 Å². The number of allylic oxidation sites excluding steroid dienone is 2.